The van der Waals surface area contributed by atoms with Gasteiger partial charge in [0.15, 0.2) is 0 Å². The zero-order valence-electron chi connectivity index (χ0n) is 7.36. The minimum Gasteiger partial charge on any atom is -0.354 e. The van der Waals surface area contributed by atoms with E-state index in [0.29, 0.717) is 12.8 Å². The topological polar surface area (TPSA) is 55.1 Å². The SMILES string of the molecule is NC1(C(=O)NCCSC(F)(F)F)CC1. The summed E-state index contributed by atoms with van der Waals surface area (Å²) >= 11 is -0.149. The number of nitrogens with one attached hydrogen (secondary N) is 1. The van der Waals surface area contributed by atoms with Crippen LogP contribution in [0.2, 0.25) is 0 Å². The molecule has 1 saturated carbocycles. The second-order valence-electron chi connectivity index (χ2n) is 3.21. The number of halogens is 3. The largest absolute Gasteiger partial charge is 0.441 e. The Hall–Kier alpha value is -0.430. The van der Waals surface area contributed by atoms with Crippen molar-refractivity contribution < 1.29 is 18.0 Å². The fourth-order valence-corrected chi connectivity index (χ4v) is 1.30. The summed E-state index contributed by atoms with van der Waals surface area (Å²) in [5, 5.41) is 2.37. The molecular weight excluding hydrogens is 217 g/mol. The number of alkyl halides is 3. The molecule has 0 aromatic heterocycles. The van der Waals surface area contributed by atoms with Crippen molar-refractivity contribution in [1.29, 1.82) is 0 Å². The highest BCUT2D eigenvalue weighted by Crippen LogP contribution is 2.32. The number of rotatable bonds is 4. The molecule has 0 bridgehead atoms. The van der Waals surface area contributed by atoms with Gasteiger partial charge >= 0.3 is 5.51 Å². The number of thioether (sulfide) groups is 1. The molecule has 0 aromatic carbocycles. The fourth-order valence-electron chi connectivity index (χ4n) is 0.869. The molecular formula is C7H11F3N2OS. The molecule has 0 atom stereocenters. The van der Waals surface area contributed by atoms with E-state index in [1.54, 1.807) is 0 Å². The minimum atomic E-state index is -4.23. The molecule has 82 valence electrons. The van der Waals surface area contributed by atoms with Gasteiger partial charge in [0.1, 0.15) is 0 Å². The van der Waals surface area contributed by atoms with Crippen LogP contribution in [-0.2, 0) is 4.79 Å². The van der Waals surface area contributed by atoms with Crippen LogP contribution in [0.15, 0.2) is 0 Å². The van der Waals surface area contributed by atoms with Gasteiger partial charge in [-0.15, -0.1) is 0 Å². The van der Waals surface area contributed by atoms with Crippen LogP contribution in [0.4, 0.5) is 13.2 Å². The maximum atomic E-state index is 11.7. The first-order valence-electron chi connectivity index (χ1n) is 4.11. The highest BCUT2D eigenvalue weighted by molar-refractivity contribution is 8.00. The Balaban J connectivity index is 2.07. The van der Waals surface area contributed by atoms with Gasteiger partial charge in [-0.25, -0.2) is 0 Å². The first kappa shape index (κ1) is 11.6. The second kappa shape index (κ2) is 3.98. The van der Waals surface area contributed by atoms with Crippen molar-refractivity contribution in [2.45, 2.75) is 23.9 Å². The van der Waals surface area contributed by atoms with E-state index >= 15 is 0 Å². The van der Waals surface area contributed by atoms with Crippen LogP contribution in [0.1, 0.15) is 12.8 Å². The molecule has 1 aliphatic carbocycles. The first-order valence-corrected chi connectivity index (χ1v) is 5.10. The zero-order valence-corrected chi connectivity index (χ0v) is 8.17. The Morgan fingerprint density at radius 2 is 2.07 bits per heavy atom. The van der Waals surface area contributed by atoms with Crippen molar-refractivity contribution in [3.63, 3.8) is 0 Å². The maximum absolute atomic E-state index is 11.7. The third-order valence-corrected chi connectivity index (χ3v) is 2.63. The molecule has 1 amide bonds. The molecule has 3 nitrogen and oxygen atoms in total. The molecule has 3 N–H and O–H groups in total. The van der Waals surface area contributed by atoms with Crippen molar-refractivity contribution in [3.8, 4) is 0 Å². The minimum absolute atomic E-state index is 0.00194. The molecule has 0 unspecified atom stereocenters. The first-order chi connectivity index (χ1) is 6.33. The summed E-state index contributed by atoms with van der Waals surface area (Å²) in [5.74, 6) is -0.522. The van der Waals surface area contributed by atoms with Gasteiger partial charge in [0.25, 0.3) is 0 Å². The van der Waals surface area contributed by atoms with Gasteiger partial charge in [0, 0.05) is 12.3 Å². The predicted octanol–water partition coefficient (Wildman–Crippen LogP) is 0.847. The lowest BCUT2D eigenvalue weighted by Crippen LogP contribution is -2.43. The number of amides is 1. The van der Waals surface area contributed by atoms with Crippen molar-refractivity contribution in [3.05, 3.63) is 0 Å². The molecule has 0 heterocycles. The van der Waals surface area contributed by atoms with Gasteiger partial charge in [-0.1, -0.05) is 0 Å². The van der Waals surface area contributed by atoms with Crippen LogP contribution in [0.5, 0.6) is 0 Å². The molecule has 0 radical (unpaired) electrons. The molecule has 0 saturated heterocycles. The van der Waals surface area contributed by atoms with E-state index in [1.165, 1.54) is 0 Å². The standard InChI is InChI=1S/C7H11F3N2OS/c8-7(9,10)14-4-3-12-5(13)6(11)1-2-6/h1-4,11H2,(H,12,13). The number of nitrogens with two attached hydrogens (primary N) is 1. The molecule has 0 spiro atoms. The molecule has 1 aliphatic rings. The predicted molar refractivity (Wildman–Crippen MR) is 47.7 cm³/mol. The average Bonchev–Trinajstić information content (AvgIpc) is 2.76. The lowest BCUT2D eigenvalue weighted by atomic mass is 10.3. The Bertz CT molecular complexity index is 227. The highest BCUT2D eigenvalue weighted by Gasteiger charge is 2.45. The maximum Gasteiger partial charge on any atom is 0.441 e. The van der Waals surface area contributed by atoms with Gasteiger partial charge in [0.05, 0.1) is 5.54 Å². The van der Waals surface area contributed by atoms with Crippen molar-refractivity contribution in [2.75, 3.05) is 12.3 Å². The summed E-state index contributed by atoms with van der Waals surface area (Å²) in [5.41, 5.74) is 0.483. The quantitative estimate of drug-likeness (QED) is 0.701. The van der Waals surface area contributed by atoms with E-state index in [0.717, 1.165) is 0 Å². The van der Waals surface area contributed by atoms with Gasteiger partial charge in [-0.05, 0) is 24.6 Å². The summed E-state index contributed by atoms with van der Waals surface area (Å²) in [4.78, 5) is 11.1. The van der Waals surface area contributed by atoms with E-state index in [9.17, 15) is 18.0 Å². The van der Waals surface area contributed by atoms with E-state index < -0.39 is 11.0 Å². The van der Waals surface area contributed by atoms with Crippen LogP contribution >= 0.6 is 11.8 Å². The third kappa shape index (κ3) is 3.75. The lowest BCUT2D eigenvalue weighted by Gasteiger charge is -2.10. The smallest absolute Gasteiger partial charge is 0.354 e. The Kier molecular flexibility index (Phi) is 3.31. The van der Waals surface area contributed by atoms with Crippen LogP contribution in [-0.4, -0.2) is 29.3 Å². The molecule has 1 fully saturated rings. The summed E-state index contributed by atoms with van der Waals surface area (Å²) < 4.78 is 35.0. The van der Waals surface area contributed by atoms with Gasteiger partial charge < -0.3 is 11.1 Å². The van der Waals surface area contributed by atoms with Crippen LogP contribution in [0.3, 0.4) is 0 Å². The van der Waals surface area contributed by atoms with E-state index in [2.05, 4.69) is 5.32 Å². The van der Waals surface area contributed by atoms with Crippen molar-refractivity contribution in [1.82, 2.24) is 5.32 Å². The molecule has 14 heavy (non-hydrogen) atoms. The second-order valence-corrected chi connectivity index (χ2v) is 4.37. The van der Waals surface area contributed by atoms with Crippen molar-refractivity contribution >= 4 is 17.7 Å². The molecule has 0 aromatic rings. The normalized spacial score (nSPS) is 19.1. The summed E-state index contributed by atoms with van der Waals surface area (Å²) in [6, 6.07) is 0. The zero-order chi connectivity index (χ0) is 10.8. The molecule has 0 aliphatic heterocycles. The lowest BCUT2D eigenvalue weighted by molar-refractivity contribution is -0.123. The van der Waals surface area contributed by atoms with Crippen LogP contribution < -0.4 is 11.1 Å². The van der Waals surface area contributed by atoms with Crippen molar-refractivity contribution in [2.24, 2.45) is 5.73 Å². The Morgan fingerprint density at radius 1 is 1.50 bits per heavy atom. The Labute approximate surface area is 83.6 Å². The monoisotopic (exact) mass is 228 g/mol. The average molecular weight is 228 g/mol. The van der Waals surface area contributed by atoms with Crippen LogP contribution in [0.25, 0.3) is 0 Å². The third-order valence-electron chi connectivity index (χ3n) is 1.89. The summed E-state index contributed by atoms with van der Waals surface area (Å²) in [7, 11) is 0. The van der Waals surface area contributed by atoms with E-state index in [1.807, 2.05) is 0 Å². The van der Waals surface area contributed by atoms with Crippen LogP contribution in [0, 0.1) is 0 Å². The summed E-state index contributed by atoms with van der Waals surface area (Å²) in [6.07, 6.45) is 1.23. The highest BCUT2D eigenvalue weighted by atomic mass is 32.2. The van der Waals surface area contributed by atoms with Gasteiger partial charge in [-0.2, -0.15) is 13.2 Å². The van der Waals surface area contributed by atoms with E-state index in [-0.39, 0.29) is 30.0 Å². The number of hydrogen-bond donors (Lipinski definition) is 2. The molecule has 7 heteroatoms. The Morgan fingerprint density at radius 3 is 2.50 bits per heavy atom. The number of hydrogen-bond acceptors (Lipinski definition) is 3. The van der Waals surface area contributed by atoms with E-state index in [4.69, 9.17) is 5.73 Å². The van der Waals surface area contributed by atoms with Gasteiger partial charge in [0.2, 0.25) is 5.91 Å². The number of carbonyl (C=O) groups excluding carboxylic acids is 1. The van der Waals surface area contributed by atoms with Gasteiger partial charge in [-0.3, -0.25) is 4.79 Å². The fraction of sp³-hybridized carbons (Fsp3) is 0.857. The summed E-state index contributed by atoms with van der Waals surface area (Å²) in [6.45, 7) is 0.00194. The molecule has 1 rings (SSSR count). The number of carbonyl (C=O) groups is 1.